The topological polar surface area (TPSA) is 93.3 Å². The van der Waals surface area contributed by atoms with Crippen molar-refractivity contribution in [3.05, 3.63) is 32.2 Å². The van der Waals surface area contributed by atoms with E-state index in [1.807, 2.05) is 11.8 Å². The number of aromatic nitrogens is 2. The van der Waals surface area contributed by atoms with Crippen LogP contribution >= 0.6 is 12.4 Å². The maximum Gasteiger partial charge on any atom is 0.329 e. The van der Waals surface area contributed by atoms with Crippen molar-refractivity contribution in [3.63, 3.8) is 0 Å². The first-order valence-corrected chi connectivity index (χ1v) is 9.40. The van der Waals surface area contributed by atoms with Crippen LogP contribution in [-0.4, -0.2) is 35.8 Å². The van der Waals surface area contributed by atoms with Crippen LogP contribution in [0.5, 0.6) is 5.75 Å². The van der Waals surface area contributed by atoms with Gasteiger partial charge in [-0.3, -0.25) is 14.3 Å². The molecular weight excluding hydrogens is 387 g/mol. The van der Waals surface area contributed by atoms with Crippen LogP contribution in [0.4, 0.5) is 10.1 Å². The Balaban J connectivity index is 0.00000225. The lowest BCUT2D eigenvalue weighted by molar-refractivity contribution is 0.412. The van der Waals surface area contributed by atoms with Gasteiger partial charge < -0.3 is 15.4 Å². The zero-order valence-electron chi connectivity index (χ0n) is 16.3. The Bertz CT molecular complexity index is 1030. The van der Waals surface area contributed by atoms with E-state index in [1.54, 1.807) is 11.5 Å². The molecule has 1 saturated carbocycles. The molecule has 1 aliphatic carbocycles. The largest absolute Gasteiger partial charge is 0.492 e. The normalized spacial score (nSPS) is 20.3. The zero-order valence-corrected chi connectivity index (χ0v) is 17.1. The van der Waals surface area contributed by atoms with Gasteiger partial charge in [-0.1, -0.05) is 0 Å². The number of nitrogens with two attached hydrogens (primary N) is 1. The molecule has 0 radical (unpaired) electrons. The van der Waals surface area contributed by atoms with Gasteiger partial charge in [-0.25, -0.2) is 9.18 Å². The third-order valence-electron chi connectivity index (χ3n) is 5.89. The first-order valence-electron chi connectivity index (χ1n) is 9.40. The molecule has 2 atom stereocenters. The molecule has 3 N–H and O–H groups in total. The summed E-state index contributed by atoms with van der Waals surface area (Å²) in [6, 6.07) is 0.0250. The Morgan fingerprint density at radius 1 is 1.29 bits per heavy atom. The quantitative estimate of drug-likeness (QED) is 0.801. The first kappa shape index (κ1) is 20.7. The third-order valence-corrected chi connectivity index (χ3v) is 5.89. The number of aromatic amines is 1. The lowest BCUT2D eigenvalue weighted by Gasteiger charge is -2.26. The number of rotatable bonds is 4. The number of aryl methyl sites for hydroxylation is 1. The van der Waals surface area contributed by atoms with Gasteiger partial charge in [0, 0.05) is 30.7 Å². The number of benzene rings is 1. The maximum absolute atomic E-state index is 15.4. The second-order valence-corrected chi connectivity index (χ2v) is 7.76. The Labute approximate surface area is 168 Å². The van der Waals surface area contributed by atoms with E-state index >= 15 is 4.39 Å². The molecule has 2 aliphatic rings. The predicted molar refractivity (Wildman–Crippen MR) is 110 cm³/mol. The second-order valence-electron chi connectivity index (χ2n) is 7.76. The Hall–Kier alpha value is -2.06. The van der Waals surface area contributed by atoms with Crippen molar-refractivity contribution in [2.45, 2.75) is 45.2 Å². The SMILES string of the molecule is COc1c(N2CC[C@@H]([C@H](C)N)C2)c(F)c(C)c2c(=O)[nH]c(=O)n(C3CC3)c12.Cl. The summed E-state index contributed by atoms with van der Waals surface area (Å²) in [6.07, 6.45) is 2.57. The van der Waals surface area contributed by atoms with Crippen LogP contribution in [0.25, 0.3) is 10.9 Å². The first-order chi connectivity index (χ1) is 12.8. The van der Waals surface area contributed by atoms with Crippen molar-refractivity contribution in [1.29, 1.82) is 0 Å². The van der Waals surface area contributed by atoms with Gasteiger partial charge in [0.25, 0.3) is 5.56 Å². The fourth-order valence-corrected chi connectivity index (χ4v) is 4.20. The van der Waals surface area contributed by atoms with E-state index in [1.165, 1.54) is 7.11 Å². The molecule has 7 nitrogen and oxygen atoms in total. The molecule has 1 aromatic carbocycles. The molecule has 9 heteroatoms. The Morgan fingerprint density at radius 3 is 2.50 bits per heavy atom. The number of fused-ring (bicyclic) bond motifs is 1. The number of halogens is 2. The number of nitrogens with one attached hydrogen (secondary N) is 1. The number of H-pyrrole nitrogens is 1. The number of hydrogen-bond donors (Lipinski definition) is 2. The minimum absolute atomic E-state index is 0. The minimum atomic E-state index is -0.581. The molecular formula is C19H26ClFN4O3. The predicted octanol–water partition coefficient (Wildman–Crippen LogP) is 2.08. The molecule has 28 heavy (non-hydrogen) atoms. The highest BCUT2D eigenvalue weighted by atomic mass is 35.5. The average Bonchev–Trinajstić information content (AvgIpc) is 3.32. The van der Waals surface area contributed by atoms with Crippen LogP contribution in [0.2, 0.25) is 0 Å². The molecule has 4 rings (SSSR count). The highest BCUT2D eigenvalue weighted by molar-refractivity contribution is 5.93. The molecule has 2 heterocycles. The molecule has 154 valence electrons. The van der Waals surface area contributed by atoms with Gasteiger partial charge in [0.05, 0.1) is 12.5 Å². The summed E-state index contributed by atoms with van der Waals surface area (Å²) < 4.78 is 22.6. The Kier molecular flexibility index (Phi) is 5.46. The number of hydrogen-bond acceptors (Lipinski definition) is 5. The molecule has 0 spiro atoms. The minimum Gasteiger partial charge on any atom is -0.492 e. The van der Waals surface area contributed by atoms with Gasteiger partial charge >= 0.3 is 5.69 Å². The molecule has 2 fully saturated rings. The monoisotopic (exact) mass is 412 g/mol. The van der Waals surface area contributed by atoms with E-state index < -0.39 is 17.1 Å². The lowest BCUT2D eigenvalue weighted by atomic mass is 10.0. The molecule has 0 amide bonds. The smallest absolute Gasteiger partial charge is 0.329 e. The number of anilines is 1. The Morgan fingerprint density at radius 2 is 1.96 bits per heavy atom. The van der Waals surface area contributed by atoms with Crippen LogP contribution in [0.3, 0.4) is 0 Å². The third kappa shape index (κ3) is 3.08. The summed E-state index contributed by atoms with van der Waals surface area (Å²) in [5.74, 6) is 0.0413. The molecule has 1 aliphatic heterocycles. The highest BCUT2D eigenvalue weighted by Crippen LogP contribution is 2.44. The highest BCUT2D eigenvalue weighted by Gasteiger charge is 2.35. The summed E-state index contributed by atoms with van der Waals surface area (Å²) in [5, 5.41) is 0.183. The van der Waals surface area contributed by atoms with E-state index in [0.29, 0.717) is 24.3 Å². The van der Waals surface area contributed by atoms with Crippen molar-refractivity contribution in [2.24, 2.45) is 11.7 Å². The maximum atomic E-state index is 15.4. The number of nitrogens with zero attached hydrogens (tertiary/aromatic N) is 2. The molecule has 1 saturated heterocycles. The van der Waals surface area contributed by atoms with Crippen LogP contribution in [-0.2, 0) is 0 Å². The van der Waals surface area contributed by atoms with Crippen molar-refractivity contribution in [3.8, 4) is 5.75 Å². The van der Waals surface area contributed by atoms with E-state index in [2.05, 4.69) is 4.98 Å². The molecule has 2 aromatic rings. The van der Waals surface area contributed by atoms with Crippen LogP contribution < -0.4 is 26.6 Å². The van der Waals surface area contributed by atoms with Gasteiger partial charge in [-0.05, 0) is 39.0 Å². The summed E-state index contributed by atoms with van der Waals surface area (Å²) in [6.45, 7) is 4.81. The van der Waals surface area contributed by atoms with Crippen molar-refractivity contribution < 1.29 is 9.13 Å². The fraction of sp³-hybridized carbons (Fsp3) is 0.579. The summed E-state index contributed by atoms with van der Waals surface area (Å²) in [4.78, 5) is 29.3. The van der Waals surface area contributed by atoms with Crippen molar-refractivity contribution in [2.75, 3.05) is 25.1 Å². The number of methoxy groups -OCH3 is 1. The van der Waals surface area contributed by atoms with Crippen molar-refractivity contribution in [1.82, 2.24) is 9.55 Å². The van der Waals surface area contributed by atoms with E-state index in [0.717, 1.165) is 19.3 Å². The zero-order chi connectivity index (χ0) is 19.5. The van der Waals surface area contributed by atoms with Crippen molar-refractivity contribution >= 4 is 29.0 Å². The van der Waals surface area contributed by atoms with Gasteiger partial charge in [0.2, 0.25) is 0 Å². The molecule has 0 bridgehead atoms. The van der Waals surface area contributed by atoms with Crippen LogP contribution in [0, 0.1) is 18.7 Å². The van der Waals surface area contributed by atoms with Gasteiger partial charge in [0.1, 0.15) is 11.2 Å². The second kappa shape index (κ2) is 7.40. The summed E-state index contributed by atoms with van der Waals surface area (Å²) in [5.41, 5.74) is 5.94. The van der Waals surface area contributed by atoms with E-state index in [-0.39, 0.29) is 47.1 Å². The van der Waals surface area contributed by atoms with Gasteiger partial charge in [-0.15, -0.1) is 12.4 Å². The standard InChI is InChI=1S/C19H25FN4O3.ClH/c1-9-13-15(24(12-4-5-12)19(26)22-18(13)25)17(27-3)16(14(9)20)23-7-6-11(8-23)10(2)21;/h10-12H,4-8,21H2,1-3H3,(H,22,25,26);1H/t10-,11+;/m0./s1. The van der Waals surface area contributed by atoms with Gasteiger partial charge in [0.15, 0.2) is 11.6 Å². The molecule has 0 unspecified atom stereocenters. The lowest BCUT2D eigenvalue weighted by Crippen LogP contribution is -2.32. The van der Waals surface area contributed by atoms with Crippen LogP contribution in [0.15, 0.2) is 9.59 Å². The van der Waals surface area contributed by atoms with Crippen LogP contribution in [0.1, 0.15) is 37.8 Å². The summed E-state index contributed by atoms with van der Waals surface area (Å²) >= 11 is 0. The number of ether oxygens (including phenoxy) is 1. The average molecular weight is 413 g/mol. The summed E-state index contributed by atoms with van der Waals surface area (Å²) in [7, 11) is 1.45. The fourth-order valence-electron chi connectivity index (χ4n) is 4.20. The van der Waals surface area contributed by atoms with E-state index in [4.69, 9.17) is 10.5 Å². The molecule has 1 aromatic heterocycles. The van der Waals surface area contributed by atoms with E-state index in [9.17, 15) is 9.59 Å². The van der Waals surface area contributed by atoms with Gasteiger partial charge in [-0.2, -0.15) is 0 Å².